The second kappa shape index (κ2) is 22.8. The van der Waals surface area contributed by atoms with Gasteiger partial charge in [0.15, 0.2) is 12.7 Å². The third-order valence-corrected chi connectivity index (χ3v) is 8.75. The molecular weight excluding hydrogens is 732 g/mol. The number of carbonyl (C=O) groups is 4. The summed E-state index contributed by atoms with van der Waals surface area (Å²) < 4.78 is 27.2. The second-order valence-electron chi connectivity index (χ2n) is 13.7. The molecule has 3 unspecified atom stereocenters. The molecule has 1 fully saturated rings. The van der Waals surface area contributed by atoms with Crippen LogP contribution in [0.3, 0.4) is 0 Å². The number of esters is 1. The zero-order valence-electron chi connectivity index (χ0n) is 33.6. The van der Waals surface area contributed by atoms with E-state index in [1.54, 1.807) is 101 Å². The molecule has 0 bridgehead atoms. The molecular formula is C43H54N4O10. The van der Waals surface area contributed by atoms with E-state index in [4.69, 9.17) is 23.4 Å². The molecule has 2 heterocycles. The molecule has 1 aliphatic heterocycles. The number of amides is 3. The Morgan fingerprint density at radius 3 is 2.33 bits per heavy atom. The highest BCUT2D eigenvalue weighted by molar-refractivity contribution is 5.94. The molecule has 3 amide bonds. The Balaban J connectivity index is 1.56. The average Bonchev–Trinajstić information content (AvgIpc) is 3.87. The highest BCUT2D eigenvalue weighted by Gasteiger charge is 2.53. The highest BCUT2D eigenvalue weighted by Crippen LogP contribution is 2.30. The normalized spacial score (nSPS) is 17.7. The van der Waals surface area contributed by atoms with E-state index < -0.39 is 35.0 Å². The third-order valence-electron chi connectivity index (χ3n) is 8.75. The van der Waals surface area contributed by atoms with Crippen LogP contribution in [-0.2, 0) is 39.8 Å². The quantitative estimate of drug-likeness (QED) is 0.0564. The van der Waals surface area contributed by atoms with Crippen molar-refractivity contribution in [1.82, 2.24) is 20.3 Å². The molecule has 0 aliphatic carbocycles. The second-order valence-corrected chi connectivity index (χ2v) is 13.7. The van der Waals surface area contributed by atoms with Crippen molar-refractivity contribution >= 4 is 23.7 Å². The Morgan fingerprint density at radius 1 is 1.02 bits per heavy atom. The maximum Gasteiger partial charge on any atom is 0.338 e. The SMILES string of the molecule is COC(C)CN(C)C(=O)C1(N(O)C(=O)/C=C/C=C/C=C/C=C\CNC(=O)C(C)(C)C(OC(=O)c2ccccc2)\C(C)=C/C=C\C=C\Cc2cnc(C)o2)COCO1. The van der Waals surface area contributed by atoms with Crippen molar-refractivity contribution in [3.05, 3.63) is 138 Å². The minimum Gasteiger partial charge on any atom is -0.453 e. The number of rotatable bonds is 20. The van der Waals surface area contributed by atoms with E-state index in [9.17, 15) is 24.4 Å². The summed E-state index contributed by atoms with van der Waals surface area (Å²) >= 11 is 0. The lowest BCUT2D eigenvalue weighted by atomic mass is 9.81. The first-order valence-corrected chi connectivity index (χ1v) is 18.4. The minimum absolute atomic E-state index is 0.209. The molecule has 2 aromatic rings. The first-order valence-electron chi connectivity index (χ1n) is 18.4. The predicted octanol–water partition coefficient (Wildman–Crippen LogP) is 5.59. The maximum absolute atomic E-state index is 13.5. The molecule has 14 nitrogen and oxygen atoms in total. The lowest BCUT2D eigenvalue weighted by molar-refractivity contribution is -0.245. The van der Waals surface area contributed by atoms with E-state index in [0.29, 0.717) is 23.4 Å². The number of nitrogens with zero attached hydrogens (tertiary/aromatic N) is 3. The van der Waals surface area contributed by atoms with Crippen LogP contribution in [0.25, 0.3) is 0 Å². The molecule has 306 valence electrons. The van der Waals surface area contributed by atoms with Gasteiger partial charge in [-0.1, -0.05) is 91.1 Å². The molecule has 1 aromatic carbocycles. The number of methoxy groups -OCH3 is 1. The fourth-order valence-corrected chi connectivity index (χ4v) is 5.51. The van der Waals surface area contributed by atoms with Gasteiger partial charge in [0.25, 0.3) is 17.5 Å². The van der Waals surface area contributed by atoms with E-state index in [0.717, 1.165) is 11.8 Å². The van der Waals surface area contributed by atoms with Gasteiger partial charge in [-0.2, -0.15) is 5.06 Å². The largest absolute Gasteiger partial charge is 0.453 e. The number of ether oxygens (including phenoxy) is 4. The van der Waals surface area contributed by atoms with E-state index in [2.05, 4.69) is 10.3 Å². The van der Waals surface area contributed by atoms with Crippen molar-refractivity contribution in [3.8, 4) is 0 Å². The van der Waals surface area contributed by atoms with Gasteiger partial charge >= 0.3 is 5.97 Å². The van der Waals surface area contributed by atoms with Crippen molar-refractivity contribution < 1.29 is 47.8 Å². The third kappa shape index (κ3) is 13.8. The number of hydroxylamine groups is 2. The lowest BCUT2D eigenvalue weighted by Gasteiger charge is -2.35. The van der Waals surface area contributed by atoms with Crippen molar-refractivity contribution in [2.24, 2.45) is 5.41 Å². The van der Waals surface area contributed by atoms with Crippen LogP contribution in [0.2, 0.25) is 0 Å². The smallest absolute Gasteiger partial charge is 0.338 e. The lowest BCUT2D eigenvalue weighted by Crippen LogP contribution is -2.61. The van der Waals surface area contributed by atoms with Crippen LogP contribution in [0.4, 0.5) is 0 Å². The topological polar surface area (TPSA) is 170 Å². The van der Waals surface area contributed by atoms with Gasteiger partial charge in [0.05, 0.1) is 23.3 Å². The Kier molecular flexibility index (Phi) is 18.3. The Hall–Kier alpha value is -5.67. The van der Waals surface area contributed by atoms with E-state index in [1.165, 1.54) is 25.1 Å². The Bertz CT molecular complexity index is 1850. The van der Waals surface area contributed by atoms with Crippen LogP contribution in [0.5, 0.6) is 0 Å². The van der Waals surface area contributed by atoms with Crippen LogP contribution in [-0.4, -0.2) is 102 Å². The summed E-state index contributed by atoms with van der Waals surface area (Å²) in [5.41, 5.74) is -2.10. The summed E-state index contributed by atoms with van der Waals surface area (Å²) in [6.45, 7) is 8.65. The molecule has 14 heteroatoms. The average molecular weight is 787 g/mol. The fourth-order valence-electron chi connectivity index (χ4n) is 5.51. The summed E-state index contributed by atoms with van der Waals surface area (Å²) in [5, 5.41) is 13.8. The molecule has 1 aliphatic rings. The molecule has 57 heavy (non-hydrogen) atoms. The molecule has 3 rings (SSSR count). The van der Waals surface area contributed by atoms with E-state index >= 15 is 0 Å². The number of benzene rings is 1. The molecule has 1 saturated heterocycles. The number of aromatic nitrogens is 1. The number of allylic oxidation sites excluding steroid dienone is 11. The maximum atomic E-state index is 13.5. The number of hydrogen-bond donors (Lipinski definition) is 2. The zero-order chi connectivity index (χ0) is 41.8. The number of aryl methyl sites for hydroxylation is 1. The molecule has 3 atom stereocenters. The summed E-state index contributed by atoms with van der Waals surface area (Å²) in [5.74, 6) is -1.02. The first kappa shape index (κ1) is 45.7. The van der Waals surface area contributed by atoms with Crippen LogP contribution in [0.15, 0.2) is 126 Å². The van der Waals surface area contributed by atoms with Crippen LogP contribution < -0.4 is 5.32 Å². The Labute approximate surface area is 334 Å². The predicted molar refractivity (Wildman–Crippen MR) is 213 cm³/mol. The van der Waals surface area contributed by atoms with Gasteiger partial charge in [-0.25, -0.2) is 9.78 Å². The van der Waals surface area contributed by atoms with E-state index in [-0.39, 0.29) is 43.6 Å². The molecule has 0 saturated carbocycles. The van der Waals surface area contributed by atoms with Gasteiger partial charge in [0.1, 0.15) is 18.5 Å². The van der Waals surface area contributed by atoms with Crippen LogP contribution in [0, 0.1) is 12.3 Å². The fraction of sp³-hybridized carbons (Fsp3) is 0.372. The van der Waals surface area contributed by atoms with Crippen LogP contribution >= 0.6 is 0 Å². The number of hydrogen-bond acceptors (Lipinski definition) is 11. The summed E-state index contributed by atoms with van der Waals surface area (Å²) in [6.07, 6.45) is 23.0. The summed E-state index contributed by atoms with van der Waals surface area (Å²) in [7, 11) is 3.03. The van der Waals surface area contributed by atoms with Gasteiger partial charge in [-0.3, -0.25) is 19.6 Å². The van der Waals surface area contributed by atoms with Gasteiger partial charge in [-0.05, 0) is 45.4 Å². The Morgan fingerprint density at radius 2 is 1.68 bits per heavy atom. The molecule has 0 radical (unpaired) electrons. The first-order chi connectivity index (χ1) is 27.2. The standard InChI is InChI=1S/C43H54N4O10/c1-32(22-16-12-13-19-25-36-28-45-34(3)56-36)38(57-39(49)35-23-17-15-18-24-35)42(4,5)40(50)44-27-21-14-10-8-9-11-20-26-37(48)47(52)43(30-54-31-55-43)41(51)46(6)29-33(2)53-7/h8-24,26,28,33,38,52H,25,27,29-31H2,1-7H3,(H,44,50)/b10-8+,11-9+,16-12-,19-13+,21-14-,26-20+,32-22-. The summed E-state index contributed by atoms with van der Waals surface area (Å²) in [6, 6.07) is 8.61. The van der Waals surface area contributed by atoms with Crippen LogP contribution in [0.1, 0.15) is 49.7 Å². The zero-order valence-corrected chi connectivity index (χ0v) is 33.6. The van der Waals surface area contributed by atoms with Crippen molar-refractivity contribution in [3.63, 3.8) is 0 Å². The van der Waals surface area contributed by atoms with Gasteiger partial charge in [-0.15, -0.1) is 0 Å². The van der Waals surface area contributed by atoms with Crippen molar-refractivity contribution in [1.29, 1.82) is 0 Å². The highest BCUT2D eigenvalue weighted by atomic mass is 16.8. The summed E-state index contributed by atoms with van der Waals surface area (Å²) in [4.78, 5) is 57.8. The number of likely N-dealkylation sites (N-methyl/N-ethyl adjacent to an activating group) is 1. The molecule has 2 N–H and O–H groups in total. The van der Waals surface area contributed by atoms with Gasteiger partial charge in [0, 0.05) is 46.7 Å². The number of nitrogens with one attached hydrogen (secondary N) is 1. The van der Waals surface area contributed by atoms with Gasteiger partial charge < -0.3 is 33.6 Å². The van der Waals surface area contributed by atoms with E-state index in [1.807, 2.05) is 37.3 Å². The van der Waals surface area contributed by atoms with Gasteiger partial charge in [0.2, 0.25) is 5.91 Å². The monoisotopic (exact) mass is 786 g/mol. The molecule has 0 spiro atoms. The van der Waals surface area contributed by atoms with Crippen molar-refractivity contribution in [2.45, 2.75) is 59.0 Å². The number of carbonyl (C=O) groups excluding carboxylic acids is 4. The van der Waals surface area contributed by atoms with Crippen molar-refractivity contribution in [2.75, 3.05) is 40.6 Å². The molecule has 1 aromatic heterocycles. The minimum atomic E-state index is -2.01. The number of oxazole rings is 1.